The van der Waals surface area contributed by atoms with E-state index in [1.165, 1.54) is 12.1 Å². The molecule has 1 atom stereocenters. The Balaban J connectivity index is 1.97. The summed E-state index contributed by atoms with van der Waals surface area (Å²) in [7, 11) is 0. The van der Waals surface area contributed by atoms with Gasteiger partial charge in [-0.3, -0.25) is 14.5 Å². The fourth-order valence-electron chi connectivity index (χ4n) is 3.57. The molecule has 30 heavy (non-hydrogen) atoms. The van der Waals surface area contributed by atoms with Crippen molar-refractivity contribution >= 4 is 39.1 Å². The number of phenols is 1. The van der Waals surface area contributed by atoms with Crippen molar-refractivity contribution in [3.63, 3.8) is 0 Å². The number of furan rings is 1. The van der Waals surface area contributed by atoms with E-state index in [2.05, 4.69) is 15.9 Å². The summed E-state index contributed by atoms with van der Waals surface area (Å²) in [5, 5.41) is 21.4. The average Bonchev–Trinajstić information content (AvgIpc) is 3.25. The Bertz CT molecular complexity index is 1210. The second kappa shape index (κ2) is 7.50. The number of aliphatic hydroxyl groups excluding tert-OH is 1. The van der Waals surface area contributed by atoms with E-state index in [9.17, 15) is 19.8 Å². The second-order valence-electron chi connectivity index (χ2n) is 7.07. The third-order valence-electron chi connectivity index (χ3n) is 5.05. The zero-order valence-corrected chi connectivity index (χ0v) is 17.8. The summed E-state index contributed by atoms with van der Waals surface area (Å²) in [6.07, 6.45) is 0. The fourth-order valence-corrected chi connectivity index (χ4v) is 3.81. The molecule has 2 aromatic carbocycles. The quantitative estimate of drug-likeness (QED) is 0.321. The Morgan fingerprint density at radius 3 is 2.43 bits per heavy atom. The van der Waals surface area contributed by atoms with E-state index in [1.54, 1.807) is 49.4 Å². The Kier molecular flexibility index (Phi) is 4.99. The smallest absolute Gasteiger partial charge is 0.300 e. The van der Waals surface area contributed by atoms with Gasteiger partial charge in [0.1, 0.15) is 29.1 Å². The maximum absolute atomic E-state index is 13.0. The van der Waals surface area contributed by atoms with Crippen LogP contribution >= 0.6 is 15.9 Å². The molecular formula is C23H18BrNO5. The van der Waals surface area contributed by atoms with E-state index in [0.29, 0.717) is 17.1 Å². The number of nitrogens with zero attached hydrogens (tertiary/aromatic N) is 1. The fraction of sp³-hybridized carbons (Fsp3) is 0.130. The van der Waals surface area contributed by atoms with Crippen LogP contribution in [0.15, 0.2) is 69.1 Å². The van der Waals surface area contributed by atoms with E-state index in [0.717, 1.165) is 14.9 Å². The average molecular weight is 468 g/mol. The summed E-state index contributed by atoms with van der Waals surface area (Å²) >= 11 is 3.41. The van der Waals surface area contributed by atoms with Crippen LogP contribution < -0.4 is 4.90 Å². The molecule has 1 aromatic heterocycles. The highest BCUT2D eigenvalue weighted by atomic mass is 79.9. The molecule has 1 saturated heterocycles. The monoisotopic (exact) mass is 467 g/mol. The van der Waals surface area contributed by atoms with Crippen LogP contribution in [-0.4, -0.2) is 21.9 Å². The van der Waals surface area contributed by atoms with Crippen LogP contribution in [0.3, 0.4) is 0 Å². The molecule has 1 amide bonds. The molecular weight excluding hydrogens is 450 g/mol. The van der Waals surface area contributed by atoms with Crippen LogP contribution in [0.2, 0.25) is 0 Å². The number of rotatable bonds is 3. The van der Waals surface area contributed by atoms with Gasteiger partial charge in [0.25, 0.3) is 11.7 Å². The highest BCUT2D eigenvalue weighted by molar-refractivity contribution is 9.10. The predicted molar refractivity (Wildman–Crippen MR) is 115 cm³/mol. The van der Waals surface area contributed by atoms with Gasteiger partial charge < -0.3 is 14.6 Å². The number of benzene rings is 2. The third-order valence-corrected chi connectivity index (χ3v) is 5.94. The minimum absolute atomic E-state index is 0.0978. The molecule has 1 unspecified atom stereocenters. The summed E-state index contributed by atoms with van der Waals surface area (Å²) in [6, 6.07) is 13.7. The van der Waals surface area contributed by atoms with Crippen LogP contribution in [0.25, 0.3) is 5.76 Å². The van der Waals surface area contributed by atoms with Crippen LogP contribution in [0.5, 0.6) is 5.75 Å². The van der Waals surface area contributed by atoms with Crippen molar-refractivity contribution in [2.75, 3.05) is 4.90 Å². The lowest BCUT2D eigenvalue weighted by atomic mass is 9.98. The van der Waals surface area contributed by atoms with Crippen molar-refractivity contribution in [1.29, 1.82) is 0 Å². The summed E-state index contributed by atoms with van der Waals surface area (Å²) in [6.45, 7) is 3.60. The molecule has 0 radical (unpaired) electrons. The van der Waals surface area contributed by atoms with E-state index < -0.39 is 17.7 Å². The zero-order chi connectivity index (χ0) is 21.6. The third kappa shape index (κ3) is 3.21. The van der Waals surface area contributed by atoms with Crippen molar-refractivity contribution in [3.05, 3.63) is 87.3 Å². The number of Topliss-reactive ketones (excluding diaryl/α,β-unsaturated/α-hetero) is 1. The molecule has 4 rings (SSSR count). The molecule has 6 nitrogen and oxygen atoms in total. The molecule has 3 aromatic rings. The van der Waals surface area contributed by atoms with Gasteiger partial charge in [0, 0.05) is 10.0 Å². The highest BCUT2D eigenvalue weighted by Crippen LogP contribution is 2.45. The summed E-state index contributed by atoms with van der Waals surface area (Å²) in [5.41, 5.74) is 1.32. The van der Waals surface area contributed by atoms with E-state index in [-0.39, 0.29) is 22.8 Å². The van der Waals surface area contributed by atoms with Crippen molar-refractivity contribution in [2.24, 2.45) is 0 Å². The number of carbonyl (C=O) groups excluding carboxylic acids is 2. The molecule has 2 heterocycles. The number of anilines is 1. The summed E-state index contributed by atoms with van der Waals surface area (Å²) < 4.78 is 6.59. The van der Waals surface area contributed by atoms with Crippen molar-refractivity contribution < 1.29 is 24.2 Å². The molecule has 0 aliphatic carbocycles. The first-order valence-corrected chi connectivity index (χ1v) is 10.0. The van der Waals surface area contributed by atoms with Crippen LogP contribution in [0, 0.1) is 13.8 Å². The van der Waals surface area contributed by atoms with Gasteiger partial charge in [-0.2, -0.15) is 0 Å². The first-order chi connectivity index (χ1) is 14.3. The topological polar surface area (TPSA) is 91.0 Å². The molecule has 2 N–H and O–H groups in total. The summed E-state index contributed by atoms with van der Waals surface area (Å²) in [5.74, 6) is -1.27. The largest absolute Gasteiger partial charge is 0.507 e. The molecule has 0 spiro atoms. The zero-order valence-electron chi connectivity index (χ0n) is 16.2. The number of ketones is 1. The Morgan fingerprint density at radius 1 is 1.07 bits per heavy atom. The van der Waals surface area contributed by atoms with Gasteiger partial charge in [0.05, 0.1) is 11.3 Å². The standard InChI is InChI=1S/C23H18BrNO5/c1-12-11-14(8-9-15(12)24)21(27)19-20(18-10-7-13(2)30-18)25(23(29)22(19)28)16-5-3-4-6-17(16)26/h3-11,20,26-27H,1-2H3/b21-19-. The number of carbonyl (C=O) groups is 2. The van der Waals surface area contributed by atoms with E-state index in [1.807, 2.05) is 6.92 Å². The highest BCUT2D eigenvalue weighted by Gasteiger charge is 2.49. The first-order valence-electron chi connectivity index (χ1n) is 9.21. The van der Waals surface area contributed by atoms with Gasteiger partial charge in [-0.05, 0) is 55.8 Å². The number of hydrogen-bond acceptors (Lipinski definition) is 5. The number of amides is 1. The lowest BCUT2D eigenvalue weighted by Gasteiger charge is -2.24. The molecule has 1 fully saturated rings. The first kappa shape index (κ1) is 20.0. The van der Waals surface area contributed by atoms with E-state index >= 15 is 0 Å². The predicted octanol–water partition coefficient (Wildman–Crippen LogP) is 4.99. The number of aryl methyl sites for hydroxylation is 2. The number of hydrogen-bond donors (Lipinski definition) is 2. The maximum atomic E-state index is 13.0. The minimum Gasteiger partial charge on any atom is -0.507 e. The maximum Gasteiger partial charge on any atom is 0.300 e. The van der Waals surface area contributed by atoms with Crippen molar-refractivity contribution in [3.8, 4) is 5.75 Å². The summed E-state index contributed by atoms with van der Waals surface area (Å²) in [4.78, 5) is 27.2. The Morgan fingerprint density at radius 2 is 1.80 bits per heavy atom. The van der Waals surface area contributed by atoms with Crippen LogP contribution in [0.4, 0.5) is 5.69 Å². The number of phenolic OH excluding ortho intramolecular Hbond substituents is 1. The SMILES string of the molecule is Cc1ccc(C2/C(=C(/O)c3ccc(Br)c(C)c3)C(=O)C(=O)N2c2ccccc2O)o1. The van der Waals surface area contributed by atoms with Gasteiger partial charge >= 0.3 is 0 Å². The Hall–Kier alpha value is -3.32. The normalized spacial score (nSPS) is 18.2. The van der Waals surface area contributed by atoms with Crippen molar-refractivity contribution in [2.45, 2.75) is 19.9 Å². The van der Waals surface area contributed by atoms with E-state index in [4.69, 9.17) is 4.42 Å². The molecule has 1 aliphatic heterocycles. The van der Waals surface area contributed by atoms with Crippen molar-refractivity contribution in [1.82, 2.24) is 0 Å². The van der Waals surface area contributed by atoms with Gasteiger partial charge in [0.2, 0.25) is 0 Å². The molecule has 0 bridgehead atoms. The number of halogens is 1. The Labute approximate surface area is 181 Å². The van der Waals surface area contributed by atoms with Crippen LogP contribution in [-0.2, 0) is 9.59 Å². The molecule has 152 valence electrons. The molecule has 1 aliphatic rings. The van der Waals surface area contributed by atoms with Gasteiger partial charge in [-0.15, -0.1) is 0 Å². The number of aliphatic hydroxyl groups is 1. The lowest BCUT2D eigenvalue weighted by Crippen LogP contribution is -2.29. The second-order valence-corrected chi connectivity index (χ2v) is 7.92. The minimum atomic E-state index is -1.02. The van der Waals surface area contributed by atoms with Gasteiger partial charge in [-0.1, -0.05) is 34.1 Å². The lowest BCUT2D eigenvalue weighted by molar-refractivity contribution is -0.132. The number of aromatic hydroxyl groups is 1. The van der Waals surface area contributed by atoms with Crippen LogP contribution in [0.1, 0.15) is 28.7 Å². The van der Waals surface area contributed by atoms with Gasteiger partial charge in [-0.25, -0.2) is 0 Å². The molecule has 0 saturated carbocycles. The number of para-hydroxylation sites is 2. The van der Waals surface area contributed by atoms with Gasteiger partial charge in [0.15, 0.2) is 0 Å². The molecule has 7 heteroatoms.